The number of benzene rings is 3. The second kappa shape index (κ2) is 4.82. The summed E-state index contributed by atoms with van der Waals surface area (Å²) in [5.41, 5.74) is 4.97. The minimum absolute atomic E-state index is 1.00. The highest BCUT2D eigenvalue weighted by atomic mass is 14.9. The fourth-order valence-corrected chi connectivity index (χ4v) is 3.72. The summed E-state index contributed by atoms with van der Waals surface area (Å²) in [5.74, 6) is 0. The molecule has 0 saturated heterocycles. The zero-order valence-corrected chi connectivity index (χ0v) is 12.7. The average Bonchev–Trinajstić information content (AvgIpc) is 3.11. The molecule has 0 amide bonds. The molecule has 0 fully saturated rings. The molecule has 5 rings (SSSR count). The second-order valence-corrected chi connectivity index (χ2v) is 6.06. The Labute approximate surface area is 134 Å². The van der Waals surface area contributed by atoms with Gasteiger partial charge in [0.05, 0.1) is 5.69 Å². The number of nitrogens with one attached hydrogen (secondary N) is 1. The van der Waals surface area contributed by atoms with Crippen LogP contribution in [0.2, 0.25) is 0 Å². The van der Waals surface area contributed by atoms with E-state index in [1.165, 1.54) is 38.4 Å². The van der Waals surface area contributed by atoms with E-state index in [4.69, 9.17) is 4.98 Å². The summed E-state index contributed by atoms with van der Waals surface area (Å²) in [6.45, 7) is 1.00. The van der Waals surface area contributed by atoms with Crippen LogP contribution < -0.4 is 5.32 Å². The third kappa shape index (κ3) is 1.85. The van der Waals surface area contributed by atoms with Crippen molar-refractivity contribution in [3.63, 3.8) is 0 Å². The lowest BCUT2D eigenvalue weighted by atomic mass is 9.95. The van der Waals surface area contributed by atoms with E-state index in [2.05, 4.69) is 66.0 Å². The molecule has 110 valence electrons. The number of pyridine rings is 1. The van der Waals surface area contributed by atoms with Gasteiger partial charge in [0.25, 0.3) is 0 Å². The molecule has 1 aromatic heterocycles. The Hall–Kier alpha value is -2.87. The van der Waals surface area contributed by atoms with Crippen LogP contribution >= 0.6 is 0 Å². The highest BCUT2D eigenvalue weighted by Crippen LogP contribution is 2.40. The molecule has 2 nitrogen and oxygen atoms in total. The maximum atomic E-state index is 4.72. The summed E-state index contributed by atoms with van der Waals surface area (Å²) in [6.07, 6.45) is 2.99. The van der Waals surface area contributed by atoms with Gasteiger partial charge in [-0.2, -0.15) is 0 Å². The standard InChI is InChI=1S/C21H16N2/c1-4-8-17-14(5-1)9-11-22-20(17)19-13-15-6-2-3-7-16(15)18-10-12-23-21(18)19/h1-9,11,13,23H,10,12H2. The fraction of sp³-hybridized carbons (Fsp3) is 0.0952. The van der Waals surface area contributed by atoms with Gasteiger partial charge in [0.1, 0.15) is 0 Å². The van der Waals surface area contributed by atoms with Crippen LogP contribution in [0.25, 0.3) is 32.8 Å². The first-order valence-electron chi connectivity index (χ1n) is 8.04. The van der Waals surface area contributed by atoms with Crippen LogP contribution in [0.1, 0.15) is 5.56 Å². The van der Waals surface area contributed by atoms with E-state index in [0.717, 1.165) is 18.7 Å². The van der Waals surface area contributed by atoms with Crippen LogP contribution in [0, 0.1) is 0 Å². The van der Waals surface area contributed by atoms with E-state index in [-0.39, 0.29) is 0 Å². The second-order valence-electron chi connectivity index (χ2n) is 6.06. The molecule has 0 radical (unpaired) electrons. The summed E-state index contributed by atoms with van der Waals surface area (Å²) >= 11 is 0. The molecule has 0 bridgehead atoms. The third-order valence-corrected chi connectivity index (χ3v) is 4.76. The number of fused-ring (bicyclic) bond motifs is 4. The largest absolute Gasteiger partial charge is 0.384 e. The van der Waals surface area contributed by atoms with Gasteiger partial charge in [-0.15, -0.1) is 0 Å². The normalized spacial score (nSPS) is 13.2. The Balaban J connectivity index is 1.90. The van der Waals surface area contributed by atoms with Crippen molar-refractivity contribution in [3.05, 3.63) is 72.4 Å². The van der Waals surface area contributed by atoms with Crippen LogP contribution in [0.4, 0.5) is 5.69 Å². The highest BCUT2D eigenvalue weighted by Gasteiger charge is 2.20. The van der Waals surface area contributed by atoms with Crippen molar-refractivity contribution in [2.24, 2.45) is 0 Å². The first-order valence-corrected chi connectivity index (χ1v) is 8.04. The van der Waals surface area contributed by atoms with E-state index in [0.29, 0.717) is 0 Å². The molecule has 2 heteroatoms. The van der Waals surface area contributed by atoms with E-state index in [1.54, 1.807) is 0 Å². The molecule has 0 saturated carbocycles. The zero-order chi connectivity index (χ0) is 15.2. The van der Waals surface area contributed by atoms with Crippen molar-refractivity contribution in [1.82, 2.24) is 4.98 Å². The summed E-state index contributed by atoms with van der Waals surface area (Å²) in [6, 6.07) is 21.5. The van der Waals surface area contributed by atoms with Gasteiger partial charge in [-0.05, 0) is 40.3 Å². The van der Waals surface area contributed by atoms with Gasteiger partial charge in [0, 0.05) is 29.4 Å². The maximum absolute atomic E-state index is 4.72. The molecule has 4 aromatic rings. The topological polar surface area (TPSA) is 24.9 Å². The van der Waals surface area contributed by atoms with Crippen molar-refractivity contribution in [2.45, 2.75) is 6.42 Å². The van der Waals surface area contributed by atoms with Gasteiger partial charge in [-0.1, -0.05) is 48.5 Å². The molecule has 1 N–H and O–H groups in total. The quantitative estimate of drug-likeness (QED) is 0.533. The Morgan fingerprint density at radius 3 is 2.52 bits per heavy atom. The summed E-state index contributed by atoms with van der Waals surface area (Å²) in [5, 5.41) is 8.68. The van der Waals surface area contributed by atoms with Gasteiger partial charge in [0.2, 0.25) is 0 Å². The molecule has 2 heterocycles. The number of rotatable bonds is 1. The monoisotopic (exact) mass is 296 g/mol. The number of hydrogen-bond donors (Lipinski definition) is 1. The molecule has 0 atom stereocenters. The lowest BCUT2D eigenvalue weighted by Gasteiger charge is -2.13. The molecule has 1 aliphatic heterocycles. The molecule has 3 aromatic carbocycles. The zero-order valence-electron chi connectivity index (χ0n) is 12.7. The van der Waals surface area contributed by atoms with Crippen LogP contribution in [-0.2, 0) is 6.42 Å². The molecule has 23 heavy (non-hydrogen) atoms. The Morgan fingerprint density at radius 1 is 0.826 bits per heavy atom. The van der Waals surface area contributed by atoms with E-state index >= 15 is 0 Å². The van der Waals surface area contributed by atoms with Gasteiger partial charge in [-0.3, -0.25) is 4.98 Å². The van der Waals surface area contributed by atoms with E-state index in [9.17, 15) is 0 Å². The Bertz CT molecular complexity index is 1040. The predicted molar refractivity (Wildman–Crippen MR) is 96.9 cm³/mol. The lowest BCUT2D eigenvalue weighted by molar-refractivity contribution is 1.11. The fourth-order valence-electron chi connectivity index (χ4n) is 3.72. The van der Waals surface area contributed by atoms with Gasteiger partial charge >= 0.3 is 0 Å². The smallest absolute Gasteiger partial charge is 0.0801 e. The molecule has 0 spiro atoms. The SMILES string of the molecule is c1ccc2c(-c3cc4ccccc4c4c3NCC4)nccc2c1. The number of hydrogen-bond acceptors (Lipinski definition) is 2. The van der Waals surface area contributed by atoms with E-state index in [1.807, 2.05) is 6.20 Å². The molecule has 1 aliphatic rings. The third-order valence-electron chi connectivity index (χ3n) is 4.76. The lowest BCUT2D eigenvalue weighted by Crippen LogP contribution is -1.95. The van der Waals surface area contributed by atoms with Crippen LogP contribution in [-0.4, -0.2) is 11.5 Å². The van der Waals surface area contributed by atoms with E-state index < -0.39 is 0 Å². The Kier molecular flexibility index (Phi) is 2.65. The van der Waals surface area contributed by atoms with Crippen molar-refractivity contribution >= 4 is 27.2 Å². The number of anilines is 1. The van der Waals surface area contributed by atoms with Gasteiger partial charge < -0.3 is 5.32 Å². The Morgan fingerprint density at radius 2 is 1.61 bits per heavy atom. The van der Waals surface area contributed by atoms with Crippen LogP contribution in [0.15, 0.2) is 66.9 Å². The maximum Gasteiger partial charge on any atom is 0.0801 e. The van der Waals surface area contributed by atoms with Crippen molar-refractivity contribution in [1.29, 1.82) is 0 Å². The number of nitrogens with zero attached hydrogens (tertiary/aromatic N) is 1. The van der Waals surface area contributed by atoms with Crippen molar-refractivity contribution < 1.29 is 0 Å². The predicted octanol–water partition coefficient (Wildman–Crippen LogP) is 5.02. The first kappa shape index (κ1) is 12.7. The van der Waals surface area contributed by atoms with Gasteiger partial charge in [-0.25, -0.2) is 0 Å². The summed E-state index contributed by atoms with van der Waals surface area (Å²) in [4.78, 5) is 4.72. The summed E-state index contributed by atoms with van der Waals surface area (Å²) in [7, 11) is 0. The molecular weight excluding hydrogens is 280 g/mol. The average molecular weight is 296 g/mol. The van der Waals surface area contributed by atoms with Gasteiger partial charge in [0.15, 0.2) is 0 Å². The first-order chi connectivity index (χ1) is 11.4. The van der Waals surface area contributed by atoms with Crippen LogP contribution in [0.5, 0.6) is 0 Å². The van der Waals surface area contributed by atoms with Crippen LogP contribution in [0.3, 0.4) is 0 Å². The summed E-state index contributed by atoms with van der Waals surface area (Å²) < 4.78 is 0. The molecular formula is C21H16N2. The minimum Gasteiger partial charge on any atom is -0.384 e. The molecule has 0 aliphatic carbocycles. The molecule has 0 unspecified atom stereocenters. The van der Waals surface area contributed by atoms with Crippen molar-refractivity contribution in [3.8, 4) is 11.3 Å². The minimum atomic E-state index is 1.00. The number of aromatic nitrogens is 1. The van der Waals surface area contributed by atoms with Crippen molar-refractivity contribution in [2.75, 3.05) is 11.9 Å². The highest BCUT2D eigenvalue weighted by molar-refractivity contribution is 6.04.